The Morgan fingerprint density at radius 3 is 1.62 bits per heavy atom. The summed E-state index contributed by atoms with van der Waals surface area (Å²) < 4.78 is 8.94. The summed E-state index contributed by atoms with van der Waals surface area (Å²) in [5.41, 5.74) is 17.2. The highest BCUT2D eigenvalue weighted by molar-refractivity contribution is 6.10. The highest BCUT2D eigenvalue weighted by atomic mass is 16.5. The average Bonchev–Trinajstić information content (AvgIpc) is 3.84. The van der Waals surface area contributed by atoms with E-state index in [1.54, 1.807) is 0 Å². The van der Waals surface area contributed by atoms with Crippen LogP contribution in [0.4, 0.5) is 0 Å². The molecule has 1 aliphatic carbocycles. The Morgan fingerprint density at radius 2 is 0.889 bits per heavy atom. The maximum Gasteiger partial charge on any atom is 0.160 e. The van der Waals surface area contributed by atoms with E-state index in [-0.39, 0.29) is 0 Å². The predicted octanol–water partition coefficient (Wildman–Crippen LogP) is 14.7. The van der Waals surface area contributed by atoms with Gasteiger partial charge in [0.05, 0.1) is 27.8 Å². The standard InChI is InChI=1S/C59H37N3O/c1-3-15-38(16-4-1)41-29-33-46-45-20-8-12-24-54(45)62(55(46)36-41)43-31-27-40(28-32-43)53-37-52(39-17-5-2-6-18-39)60-58(61-53)42-30-34-49-47(35-42)44-19-7-9-21-48(44)59(49)50-22-10-13-25-56(50)63-57-26-14-11-23-51(57)59/h1-37H. The lowest BCUT2D eigenvalue weighted by atomic mass is 9.66. The lowest BCUT2D eigenvalue weighted by Gasteiger charge is -2.39. The third-order valence-electron chi connectivity index (χ3n) is 13.1. The molecule has 0 radical (unpaired) electrons. The van der Waals surface area contributed by atoms with Crippen molar-refractivity contribution >= 4 is 21.8 Å². The van der Waals surface area contributed by atoms with Gasteiger partial charge in [0, 0.05) is 44.3 Å². The van der Waals surface area contributed by atoms with Gasteiger partial charge in [-0.15, -0.1) is 0 Å². The zero-order valence-electron chi connectivity index (χ0n) is 34.1. The number of fused-ring (bicyclic) bond motifs is 12. The molecule has 63 heavy (non-hydrogen) atoms. The zero-order valence-corrected chi connectivity index (χ0v) is 34.1. The third-order valence-corrected chi connectivity index (χ3v) is 13.1. The van der Waals surface area contributed by atoms with E-state index < -0.39 is 5.41 Å². The fourth-order valence-electron chi connectivity index (χ4n) is 10.3. The Hall–Kier alpha value is -8.34. The molecule has 11 aromatic rings. The minimum Gasteiger partial charge on any atom is -0.457 e. The van der Waals surface area contributed by atoms with Gasteiger partial charge in [0.2, 0.25) is 0 Å². The molecule has 13 rings (SSSR count). The van der Waals surface area contributed by atoms with Crippen LogP contribution in [0.5, 0.6) is 11.5 Å². The van der Waals surface area contributed by atoms with Gasteiger partial charge in [0.15, 0.2) is 5.82 Å². The number of aromatic nitrogens is 3. The van der Waals surface area contributed by atoms with Crippen LogP contribution in [0.3, 0.4) is 0 Å². The van der Waals surface area contributed by atoms with Gasteiger partial charge < -0.3 is 9.30 Å². The molecule has 9 aromatic carbocycles. The van der Waals surface area contributed by atoms with E-state index in [4.69, 9.17) is 14.7 Å². The predicted molar refractivity (Wildman–Crippen MR) is 255 cm³/mol. The summed E-state index contributed by atoms with van der Waals surface area (Å²) in [6.45, 7) is 0. The summed E-state index contributed by atoms with van der Waals surface area (Å²) >= 11 is 0. The molecule has 1 spiro atoms. The molecular weight excluding hydrogens is 767 g/mol. The van der Waals surface area contributed by atoms with Crippen molar-refractivity contribution in [2.75, 3.05) is 0 Å². The van der Waals surface area contributed by atoms with Crippen LogP contribution in [0.1, 0.15) is 22.3 Å². The van der Waals surface area contributed by atoms with Crippen LogP contribution in [-0.4, -0.2) is 14.5 Å². The first-order valence-electron chi connectivity index (χ1n) is 21.5. The van der Waals surface area contributed by atoms with E-state index in [0.29, 0.717) is 5.82 Å². The van der Waals surface area contributed by atoms with Crippen molar-refractivity contribution in [1.29, 1.82) is 0 Å². The van der Waals surface area contributed by atoms with Crippen LogP contribution in [0, 0.1) is 0 Å². The molecule has 3 heterocycles. The van der Waals surface area contributed by atoms with E-state index in [1.807, 2.05) is 6.07 Å². The van der Waals surface area contributed by atoms with Crippen LogP contribution >= 0.6 is 0 Å². The van der Waals surface area contributed by atoms with Crippen LogP contribution < -0.4 is 4.74 Å². The molecule has 2 aromatic heterocycles. The highest BCUT2D eigenvalue weighted by Crippen LogP contribution is 2.62. The van der Waals surface area contributed by atoms with Crippen LogP contribution in [0.2, 0.25) is 0 Å². The minimum absolute atomic E-state index is 0.533. The SMILES string of the molecule is c1ccc(-c2ccc3c4ccccc4n(-c4ccc(-c5cc(-c6ccccc6)nc(-c6ccc7c(c6)-c6ccccc6C76c7ccccc7Oc7ccccc76)n5)cc4)c3c2)cc1. The van der Waals surface area contributed by atoms with Gasteiger partial charge in [-0.3, -0.25) is 0 Å². The van der Waals surface area contributed by atoms with Crippen molar-refractivity contribution < 1.29 is 4.74 Å². The highest BCUT2D eigenvalue weighted by Gasteiger charge is 2.51. The van der Waals surface area contributed by atoms with E-state index in [2.05, 4.69) is 223 Å². The quantitative estimate of drug-likeness (QED) is 0.174. The maximum atomic E-state index is 6.56. The van der Waals surface area contributed by atoms with Gasteiger partial charge in [0.1, 0.15) is 11.5 Å². The summed E-state index contributed by atoms with van der Waals surface area (Å²) in [6.07, 6.45) is 0. The van der Waals surface area contributed by atoms with E-state index >= 15 is 0 Å². The molecule has 294 valence electrons. The molecule has 0 saturated carbocycles. The van der Waals surface area contributed by atoms with Gasteiger partial charge in [-0.05, 0) is 81.9 Å². The number of benzene rings is 9. The second-order valence-electron chi connectivity index (χ2n) is 16.5. The Kier molecular flexibility index (Phi) is 7.79. The molecule has 0 bridgehead atoms. The van der Waals surface area contributed by atoms with Crippen LogP contribution in [-0.2, 0) is 5.41 Å². The van der Waals surface area contributed by atoms with Crippen molar-refractivity contribution in [3.8, 4) is 73.3 Å². The molecule has 0 N–H and O–H groups in total. The maximum absolute atomic E-state index is 6.56. The molecule has 0 atom stereocenters. The number of para-hydroxylation sites is 3. The Morgan fingerprint density at radius 1 is 0.349 bits per heavy atom. The van der Waals surface area contributed by atoms with Crippen molar-refractivity contribution in [3.05, 3.63) is 247 Å². The van der Waals surface area contributed by atoms with E-state index in [1.165, 1.54) is 55.2 Å². The zero-order chi connectivity index (χ0) is 41.5. The first-order chi connectivity index (χ1) is 31.2. The Balaban J connectivity index is 0.959. The summed E-state index contributed by atoms with van der Waals surface area (Å²) in [5.74, 6) is 2.44. The Labute approximate surface area is 365 Å². The minimum atomic E-state index is -0.533. The summed E-state index contributed by atoms with van der Waals surface area (Å²) in [6, 6.07) is 80.0. The summed E-state index contributed by atoms with van der Waals surface area (Å²) in [4.78, 5) is 10.6. The van der Waals surface area contributed by atoms with Crippen LogP contribution in [0.15, 0.2) is 224 Å². The topological polar surface area (TPSA) is 39.9 Å². The van der Waals surface area contributed by atoms with Crippen molar-refractivity contribution in [2.24, 2.45) is 0 Å². The molecule has 1 aliphatic heterocycles. The fraction of sp³-hybridized carbons (Fsp3) is 0.0169. The largest absolute Gasteiger partial charge is 0.457 e. The molecule has 4 heteroatoms. The number of ether oxygens (including phenoxy) is 1. The molecule has 0 amide bonds. The monoisotopic (exact) mass is 803 g/mol. The summed E-state index contributed by atoms with van der Waals surface area (Å²) in [5, 5.41) is 2.47. The van der Waals surface area contributed by atoms with Gasteiger partial charge in [-0.1, -0.05) is 176 Å². The molecule has 0 unspecified atom stereocenters. The van der Waals surface area contributed by atoms with E-state index in [9.17, 15) is 0 Å². The van der Waals surface area contributed by atoms with Gasteiger partial charge >= 0.3 is 0 Å². The van der Waals surface area contributed by atoms with Crippen molar-refractivity contribution in [1.82, 2.24) is 14.5 Å². The lowest BCUT2D eigenvalue weighted by Crippen LogP contribution is -2.32. The molecule has 2 aliphatic rings. The molecule has 4 nitrogen and oxygen atoms in total. The fourth-order valence-corrected chi connectivity index (χ4v) is 10.3. The van der Waals surface area contributed by atoms with Gasteiger partial charge in [-0.2, -0.15) is 0 Å². The molecular formula is C59H37N3O. The van der Waals surface area contributed by atoms with Crippen LogP contribution in [0.25, 0.3) is 83.6 Å². The van der Waals surface area contributed by atoms with E-state index in [0.717, 1.165) is 56.4 Å². The first-order valence-corrected chi connectivity index (χ1v) is 21.5. The third kappa shape index (κ3) is 5.35. The van der Waals surface area contributed by atoms with Crippen molar-refractivity contribution in [2.45, 2.75) is 5.41 Å². The summed E-state index contributed by atoms with van der Waals surface area (Å²) in [7, 11) is 0. The normalized spacial score (nSPS) is 13.0. The van der Waals surface area contributed by atoms with Crippen molar-refractivity contribution in [3.63, 3.8) is 0 Å². The number of hydrogen-bond acceptors (Lipinski definition) is 3. The van der Waals surface area contributed by atoms with Gasteiger partial charge in [0.25, 0.3) is 0 Å². The molecule has 0 saturated heterocycles. The number of hydrogen-bond donors (Lipinski definition) is 0. The molecule has 0 fully saturated rings. The average molecular weight is 804 g/mol. The second-order valence-corrected chi connectivity index (χ2v) is 16.5. The second kappa shape index (κ2) is 13.8. The number of rotatable bonds is 5. The van der Waals surface area contributed by atoms with Gasteiger partial charge in [-0.25, -0.2) is 9.97 Å². The smallest absolute Gasteiger partial charge is 0.160 e. The Bertz CT molecular complexity index is 3540. The lowest BCUT2D eigenvalue weighted by molar-refractivity contribution is 0.436. The number of nitrogens with zero attached hydrogens (tertiary/aromatic N) is 3. The first kappa shape index (κ1) is 35.4.